The van der Waals surface area contributed by atoms with Gasteiger partial charge in [-0.1, -0.05) is 18.2 Å². The minimum absolute atomic E-state index is 0.211. The van der Waals surface area contributed by atoms with Gasteiger partial charge in [0.1, 0.15) is 12.2 Å². The average molecular weight is 391 g/mol. The smallest absolute Gasteiger partial charge is 0.295 e. The van der Waals surface area contributed by atoms with Crippen LogP contribution in [0.3, 0.4) is 0 Å². The van der Waals surface area contributed by atoms with Crippen LogP contribution in [0.1, 0.15) is 11.7 Å². The van der Waals surface area contributed by atoms with Gasteiger partial charge >= 0.3 is 0 Å². The lowest BCUT2D eigenvalue weighted by atomic mass is 10.1. The van der Waals surface area contributed by atoms with E-state index in [1.165, 1.54) is 22.9 Å². The number of rotatable bonds is 2. The summed E-state index contributed by atoms with van der Waals surface area (Å²) in [6.45, 7) is 0. The largest absolute Gasteiger partial charge is 0.332 e. The summed E-state index contributed by atoms with van der Waals surface area (Å²) in [6, 6.07) is 13.1. The van der Waals surface area contributed by atoms with Crippen LogP contribution >= 0.6 is 0 Å². The van der Waals surface area contributed by atoms with Gasteiger partial charge in [-0.15, -0.1) is 0 Å². The Morgan fingerprint density at radius 3 is 2.69 bits per heavy atom. The molecule has 1 unspecified atom stereocenters. The van der Waals surface area contributed by atoms with Crippen molar-refractivity contribution in [2.75, 3.05) is 10.0 Å². The summed E-state index contributed by atoms with van der Waals surface area (Å²) in [5.74, 6) is 0.569. The van der Waals surface area contributed by atoms with Gasteiger partial charge in [-0.3, -0.25) is 4.57 Å². The topological polar surface area (TPSA) is 75.6 Å². The highest BCUT2D eigenvalue weighted by atomic mass is 19.1. The number of imidazole rings is 1. The van der Waals surface area contributed by atoms with Gasteiger partial charge in [0.25, 0.3) is 17.9 Å². The molecule has 10 heteroatoms. The maximum Gasteiger partial charge on any atom is 0.295 e. The fourth-order valence-electron chi connectivity index (χ4n) is 3.59. The summed E-state index contributed by atoms with van der Waals surface area (Å²) in [4.78, 5) is 12.8. The normalized spacial score (nSPS) is 16.7. The van der Waals surface area contributed by atoms with Crippen LogP contribution in [0.25, 0.3) is 17.1 Å². The minimum Gasteiger partial charge on any atom is -0.332 e. The SMILES string of the molecule is Fc1ccc(-c2nc(N3C=NC4c5ccccc5-n5c(cnc5F)N43)no2)cc1. The fraction of sp³-hybridized carbons (Fsp3) is 0.0526. The summed E-state index contributed by atoms with van der Waals surface area (Å²) in [5.41, 5.74) is 2.08. The Bertz CT molecular complexity index is 1260. The van der Waals surface area contributed by atoms with E-state index in [9.17, 15) is 8.78 Å². The van der Waals surface area contributed by atoms with Crippen molar-refractivity contribution in [1.82, 2.24) is 19.7 Å². The van der Waals surface area contributed by atoms with Gasteiger partial charge < -0.3 is 4.52 Å². The molecule has 8 nitrogen and oxygen atoms in total. The van der Waals surface area contributed by atoms with Crippen molar-refractivity contribution in [3.8, 4) is 17.1 Å². The first-order valence-corrected chi connectivity index (χ1v) is 8.74. The van der Waals surface area contributed by atoms with Gasteiger partial charge in [-0.25, -0.2) is 24.4 Å². The molecule has 142 valence electrons. The van der Waals surface area contributed by atoms with E-state index in [0.29, 0.717) is 17.1 Å². The molecule has 0 spiro atoms. The summed E-state index contributed by atoms with van der Waals surface area (Å²) in [7, 11) is 0. The van der Waals surface area contributed by atoms with Gasteiger partial charge in [0.2, 0.25) is 0 Å². The quantitative estimate of drug-likeness (QED) is 0.521. The summed E-state index contributed by atoms with van der Waals surface area (Å²) in [6.07, 6.45) is 1.95. The highest BCUT2D eigenvalue weighted by Crippen LogP contribution is 2.43. The first kappa shape index (κ1) is 15.9. The fourth-order valence-corrected chi connectivity index (χ4v) is 3.59. The van der Waals surface area contributed by atoms with Crippen LogP contribution in [0, 0.1) is 11.9 Å². The van der Waals surface area contributed by atoms with E-state index in [1.54, 1.807) is 28.5 Å². The summed E-state index contributed by atoms with van der Waals surface area (Å²) >= 11 is 0. The molecule has 0 amide bonds. The molecule has 1 atom stereocenters. The molecule has 2 aromatic heterocycles. The average Bonchev–Trinajstić information content (AvgIpc) is 3.46. The lowest BCUT2D eigenvalue weighted by molar-refractivity contribution is 0.430. The zero-order chi connectivity index (χ0) is 19.5. The van der Waals surface area contributed by atoms with Crippen molar-refractivity contribution in [2.45, 2.75) is 6.17 Å². The van der Waals surface area contributed by atoms with Crippen molar-refractivity contribution >= 4 is 18.1 Å². The van der Waals surface area contributed by atoms with E-state index in [4.69, 9.17) is 4.52 Å². The predicted octanol–water partition coefficient (Wildman–Crippen LogP) is 3.48. The van der Waals surface area contributed by atoms with E-state index in [2.05, 4.69) is 20.1 Å². The minimum atomic E-state index is -0.627. The highest BCUT2D eigenvalue weighted by molar-refractivity contribution is 5.85. The molecule has 0 saturated carbocycles. The Morgan fingerprint density at radius 2 is 1.83 bits per heavy atom. The van der Waals surface area contributed by atoms with Gasteiger partial charge in [-0.05, 0) is 35.5 Å². The molecule has 0 fully saturated rings. The molecule has 2 aliphatic rings. The predicted molar refractivity (Wildman–Crippen MR) is 99.4 cm³/mol. The second-order valence-corrected chi connectivity index (χ2v) is 6.51. The summed E-state index contributed by atoms with van der Waals surface area (Å²) in [5, 5.41) is 7.32. The third kappa shape index (κ3) is 2.22. The van der Waals surface area contributed by atoms with Crippen LogP contribution in [-0.4, -0.2) is 26.0 Å². The number of hydrogen-bond donors (Lipinski definition) is 0. The molecule has 29 heavy (non-hydrogen) atoms. The number of aliphatic imine (C=N–C) groups is 1. The van der Waals surface area contributed by atoms with Crippen LogP contribution in [0.2, 0.25) is 0 Å². The molecule has 2 aliphatic heterocycles. The number of fused-ring (bicyclic) bond motifs is 6. The van der Waals surface area contributed by atoms with Gasteiger partial charge in [0.15, 0.2) is 12.0 Å². The lowest BCUT2D eigenvalue weighted by Crippen LogP contribution is -2.43. The second-order valence-electron chi connectivity index (χ2n) is 6.51. The number of nitrogens with zero attached hydrogens (tertiary/aromatic N) is 7. The molecule has 6 rings (SSSR count). The number of anilines is 2. The molecule has 0 radical (unpaired) electrons. The van der Waals surface area contributed by atoms with E-state index >= 15 is 0 Å². The number of hydrogen-bond acceptors (Lipinski definition) is 7. The van der Waals surface area contributed by atoms with Gasteiger partial charge in [0, 0.05) is 11.1 Å². The number of hydrazine groups is 1. The molecular formula is C19H11F2N7O. The Kier molecular flexibility index (Phi) is 3.13. The van der Waals surface area contributed by atoms with Crippen LogP contribution < -0.4 is 10.0 Å². The number of benzene rings is 2. The van der Waals surface area contributed by atoms with E-state index < -0.39 is 12.2 Å². The molecular weight excluding hydrogens is 380 g/mol. The third-order valence-corrected chi connectivity index (χ3v) is 4.88. The Hall–Kier alpha value is -4.08. The first-order valence-electron chi connectivity index (χ1n) is 8.74. The molecule has 0 N–H and O–H groups in total. The molecule has 2 aromatic carbocycles. The van der Waals surface area contributed by atoms with Crippen molar-refractivity contribution in [2.24, 2.45) is 4.99 Å². The van der Waals surface area contributed by atoms with Crippen LogP contribution in [0.5, 0.6) is 0 Å². The van der Waals surface area contributed by atoms with Crippen molar-refractivity contribution in [3.05, 3.63) is 72.2 Å². The van der Waals surface area contributed by atoms with E-state index in [0.717, 1.165) is 5.56 Å². The van der Waals surface area contributed by atoms with E-state index in [1.807, 2.05) is 24.3 Å². The second kappa shape index (κ2) is 5.71. The third-order valence-electron chi connectivity index (χ3n) is 4.88. The zero-order valence-electron chi connectivity index (χ0n) is 14.6. The van der Waals surface area contributed by atoms with Gasteiger partial charge in [-0.2, -0.15) is 9.37 Å². The Morgan fingerprint density at radius 1 is 1.00 bits per heavy atom. The lowest BCUT2D eigenvalue weighted by Gasteiger charge is -2.35. The molecule has 4 aromatic rings. The number of halogens is 2. The zero-order valence-corrected chi connectivity index (χ0v) is 14.6. The number of para-hydroxylation sites is 1. The Balaban J connectivity index is 1.43. The standard InChI is InChI=1S/C19H11F2N7O/c20-12-7-5-11(6-8-12)17-24-19(25-29-17)26-10-23-16-13-3-1-2-4-14(13)27-15(28(16)26)9-22-18(27)21/h1-10,16H. The molecule has 0 aliphatic carbocycles. The van der Waals surface area contributed by atoms with Crippen molar-refractivity contribution < 1.29 is 13.3 Å². The Labute approximate surface area is 162 Å². The maximum absolute atomic E-state index is 14.4. The van der Waals surface area contributed by atoms with E-state index in [-0.39, 0.29) is 17.7 Å². The van der Waals surface area contributed by atoms with Crippen LogP contribution in [0.4, 0.5) is 20.5 Å². The van der Waals surface area contributed by atoms with Gasteiger partial charge in [0.05, 0.1) is 11.9 Å². The highest BCUT2D eigenvalue weighted by Gasteiger charge is 2.41. The van der Waals surface area contributed by atoms with Crippen LogP contribution in [0.15, 0.2) is 64.2 Å². The molecule has 0 saturated heterocycles. The van der Waals surface area contributed by atoms with Crippen LogP contribution in [-0.2, 0) is 0 Å². The maximum atomic E-state index is 14.4. The monoisotopic (exact) mass is 391 g/mol. The first-order chi connectivity index (χ1) is 14.2. The van der Waals surface area contributed by atoms with Crippen molar-refractivity contribution in [3.63, 3.8) is 0 Å². The molecule has 4 heterocycles. The summed E-state index contributed by atoms with van der Waals surface area (Å²) < 4.78 is 34.4. The number of aromatic nitrogens is 4. The van der Waals surface area contributed by atoms with Crippen molar-refractivity contribution in [1.29, 1.82) is 0 Å². The molecule has 0 bridgehead atoms.